The SMILES string of the molecule is COC12CCC3(C[C@@H]1COCc1ccc(CO[Si](C)(C)C(C)(C)C)cc1)[C@H]1Cc4ccc(C)c5c4[C@@]3(CCN1CC1CC1)[C@H]2O5. The van der Waals surface area contributed by atoms with Crippen LogP contribution in [0, 0.1) is 24.2 Å². The number of benzene rings is 2. The van der Waals surface area contributed by atoms with Crippen molar-refractivity contribution in [3.63, 3.8) is 0 Å². The van der Waals surface area contributed by atoms with Gasteiger partial charge in [0.1, 0.15) is 17.5 Å². The van der Waals surface area contributed by atoms with Gasteiger partial charge in [-0.15, -0.1) is 0 Å². The summed E-state index contributed by atoms with van der Waals surface area (Å²) in [4.78, 5) is 2.93. The first kappa shape index (κ1) is 30.6. The fourth-order valence-electron chi connectivity index (χ4n) is 10.4. The molecule has 244 valence electrons. The molecule has 0 N–H and O–H groups in total. The van der Waals surface area contributed by atoms with E-state index in [0.717, 1.165) is 18.9 Å². The van der Waals surface area contributed by atoms with Crippen LogP contribution in [-0.4, -0.2) is 57.8 Å². The van der Waals surface area contributed by atoms with E-state index in [1.54, 1.807) is 11.1 Å². The number of methoxy groups -OCH3 is 1. The van der Waals surface area contributed by atoms with E-state index < -0.39 is 8.32 Å². The molecule has 5 nitrogen and oxygen atoms in total. The lowest BCUT2D eigenvalue weighted by Crippen LogP contribution is -2.81. The maximum Gasteiger partial charge on any atom is 0.192 e. The third-order valence-corrected chi connectivity index (χ3v) is 18.5. The number of piperidine rings is 1. The molecule has 6 heteroatoms. The first-order valence-corrected chi connectivity index (χ1v) is 20.7. The quantitative estimate of drug-likeness (QED) is 0.250. The molecular formula is C39H55NO4Si. The van der Waals surface area contributed by atoms with Gasteiger partial charge in [-0.3, -0.25) is 4.90 Å². The Bertz CT molecular complexity index is 1460. The molecule has 2 heterocycles. The number of rotatable bonds is 10. The number of hydrogen-bond donors (Lipinski definition) is 0. The van der Waals surface area contributed by atoms with E-state index in [-0.39, 0.29) is 27.6 Å². The van der Waals surface area contributed by atoms with Gasteiger partial charge in [-0.2, -0.15) is 0 Å². The van der Waals surface area contributed by atoms with Gasteiger partial charge in [-0.1, -0.05) is 57.2 Å². The van der Waals surface area contributed by atoms with Gasteiger partial charge >= 0.3 is 0 Å². The van der Waals surface area contributed by atoms with Crippen LogP contribution in [0.5, 0.6) is 5.75 Å². The van der Waals surface area contributed by atoms with Crippen LogP contribution in [0.15, 0.2) is 36.4 Å². The highest BCUT2D eigenvalue weighted by Crippen LogP contribution is 2.76. The maximum absolute atomic E-state index is 7.23. The number of aryl methyl sites for hydroxylation is 1. The van der Waals surface area contributed by atoms with Crippen LogP contribution in [0.4, 0.5) is 0 Å². The van der Waals surface area contributed by atoms with Crippen LogP contribution in [-0.2, 0) is 38.9 Å². The van der Waals surface area contributed by atoms with E-state index in [4.69, 9.17) is 18.6 Å². The standard InChI is InChI=1S/C39H55NO4Si/c1-26-8-15-30-20-32-37-16-17-39(41-5,35-38(37,33(30)34(26)44-35)18-19-40(32)22-27-9-10-27)31(21-37)25-42-23-28-11-13-29(14-12-28)24-43-45(6,7)36(2,3)4/h8,11-15,27,31-32,35H,9-10,16-25H2,1-7H3/t31-,32-,35-,37?,38+,39?/m1/s1. The second kappa shape index (κ2) is 10.4. The maximum atomic E-state index is 7.23. The topological polar surface area (TPSA) is 40.2 Å². The van der Waals surface area contributed by atoms with Gasteiger partial charge in [-0.05, 0) is 105 Å². The number of ether oxygens (including phenoxy) is 3. The molecule has 0 amide bonds. The van der Waals surface area contributed by atoms with Crippen LogP contribution in [0.2, 0.25) is 18.1 Å². The summed E-state index contributed by atoms with van der Waals surface area (Å²) in [5.41, 5.74) is 6.88. The average molecular weight is 630 g/mol. The first-order valence-electron chi connectivity index (χ1n) is 17.8. The van der Waals surface area contributed by atoms with Gasteiger partial charge in [-0.25, -0.2) is 0 Å². The lowest BCUT2D eigenvalue weighted by Gasteiger charge is -2.74. The van der Waals surface area contributed by atoms with E-state index in [9.17, 15) is 0 Å². The van der Waals surface area contributed by atoms with Crippen molar-refractivity contribution in [3.8, 4) is 5.75 Å². The summed E-state index contributed by atoms with van der Waals surface area (Å²) in [5, 5.41) is 0.220. The molecule has 4 bridgehead atoms. The third kappa shape index (κ3) is 4.37. The lowest BCUT2D eigenvalue weighted by molar-refractivity contribution is -0.283. The second-order valence-electron chi connectivity index (χ2n) is 17.2. The smallest absolute Gasteiger partial charge is 0.192 e. The Balaban J connectivity index is 1.03. The van der Waals surface area contributed by atoms with Gasteiger partial charge in [0.15, 0.2) is 8.32 Å². The zero-order valence-electron chi connectivity index (χ0n) is 28.8. The molecule has 4 saturated carbocycles. The molecule has 2 unspecified atom stereocenters. The molecule has 6 atom stereocenters. The molecule has 2 spiro atoms. The van der Waals surface area contributed by atoms with Gasteiger partial charge in [0, 0.05) is 42.0 Å². The van der Waals surface area contributed by atoms with Crippen molar-refractivity contribution in [2.75, 3.05) is 26.8 Å². The summed E-state index contributed by atoms with van der Waals surface area (Å²) in [6.45, 7) is 18.3. The molecule has 45 heavy (non-hydrogen) atoms. The van der Waals surface area contributed by atoms with Gasteiger partial charge in [0.25, 0.3) is 0 Å². The molecule has 2 aliphatic heterocycles. The fraction of sp³-hybridized carbons (Fsp3) is 0.692. The van der Waals surface area contributed by atoms with Crippen LogP contribution in [0.1, 0.15) is 87.1 Å². The van der Waals surface area contributed by atoms with Crippen molar-refractivity contribution in [2.45, 2.75) is 127 Å². The van der Waals surface area contributed by atoms with E-state index in [1.165, 1.54) is 74.1 Å². The summed E-state index contributed by atoms with van der Waals surface area (Å²) in [6.07, 6.45) is 8.79. The highest BCUT2D eigenvalue weighted by atomic mass is 28.4. The lowest BCUT2D eigenvalue weighted by atomic mass is 9.35. The third-order valence-electron chi connectivity index (χ3n) is 14.0. The average Bonchev–Trinajstić information content (AvgIpc) is 3.75. The number of nitrogens with zero attached hydrogens (tertiary/aromatic N) is 1. The van der Waals surface area contributed by atoms with Crippen LogP contribution in [0.25, 0.3) is 0 Å². The summed E-state index contributed by atoms with van der Waals surface area (Å²) in [6, 6.07) is 14.2. The molecule has 0 aromatic heterocycles. The van der Waals surface area contributed by atoms with E-state index in [1.807, 2.05) is 7.11 Å². The Morgan fingerprint density at radius 1 is 0.978 bits per heavy atom. The zero-order valence-corrected chi connectivity index (χ0v) is 29.8. The molecule has 5 aliphatic carbocycles. The van der Waals surface area contributed by atoms with Crippen LogP contribution in [0.3, 0.4) is 0 Å². The molecule has 0 radical (unpaired) electrons. The number of fused-ring (bicyclic) bond motifs is 2. The Morgan fingerprint density at radius 2 is 1.71 bits per heavy atom. The Hall–Kier alpha value is -1.70. The normalized spacial score (nSPS) is 35.0. The molecule has 5 fully saturated rings. The Labute approximate surface area is 272 Å². The van der Waals surface area contributed by atoms with Gasteiger partial charge < -0.3 is 18.6 Å². The first-order chi connectivity index (χ1) is 21.4. The predicted molar refractivity (Wildman–Crippen MR) is 181 cm³/mol. The minimum Gasteiger partial charge on any atom is -0.486 e. The predicted octanol–water partition coefficient (Wildman–Crippen LogP) is 7.96. The fourth-order valence-corrected chi connectivity index (χ4v) is 11.4. The summed E-state index contributed by atoms with van der Waals surface area (Å²) < 4.78 is 27.1. The van der Waals surface area contributed by atoms with Crippen molar-refractivity contribution in [3.05, 3.63) is 64.2 Å². The molecule has 7 aliphatic rings. The van der Waals surface area contributed by atoms with E-state index in [2.05, 4.69) is 82.1 Å². The van der Waals surface area contributed by atoms with Gasteiger partial charge in [0.05, 0.1) is 19.8 Å². The minimum atomic E-state index is -1.77. The van der Waals surface area contributed by atoms with Gasteiger partial charge in [0.2, 0.25) is 0 Å². The largest absolute Gasteiger partial charge is 0.486 e. The Morgan fingerprint density at radius 3 is 2.40 bits per heavy atom. The van der Waals surface area contributed by atoms with Crippen LogP contribution < -0.4 is 4.74 Å². The highest BCUT2D eigenvalue weighted by molar-refractivity contribution is 6.74. The summed E-state index contributed by atoms with van der Waals surface area (Å²) in [5.74, 6) is 2.43. The molecule has 2 aromatic carbocycles. The summed E-state index contributed by atoms with van der Waals surface area (Å²) >= 11 is 0. The molecular weight excluding hydrogens is 575 g/mol. The molecule has 1 saturated heterocycles. The van der Waals surface area contributed by atoms with E-state index in [0.29, 0.717) is 25.2 Å². The highest BCUT2D eigenvalue weighted by Gasteiger charge is 2.80. The molecule has 2 aromatic rings. The molecule has 9 rings (SSSR count). The Kier molecular flexibility index (Phi) is 7.07. The number of hydrogen-bond acceptors (Lipinski definition) is 5. The second-order valence-corrected chi connectivity index (χ2v) is 22.0. The van der Waals surface area contributed by atoms with Crippen molar-refractivity contribution in [2.24, 2.45) is 17.3 Å². The monoisotopic (exact) mass is 629 g/mol. The minimum absolute atomic E-state index is 0.0692. The van der Waals surface area contributed by atoms with Crippen molar-refractivity contribution >= 4 is 8.32 Å². The van der Waals surface area contributed by atoms with Crippen molar-refractivity contribution < 1.29 is 18.6 Å². The summed E-state index contributed by atoms with van der Waals surface area (Å²) in [7, 11) is 0.187. The van der Waals surface area contributed by atoms with E-state index >= 15 is 0 Å². The zero-order chi connectivity index (χ0) is 31.4. The van der Waals surface area contributed by atoms with Crippen molar-refractivity contribution in [1.82, 2.24) is 4.90 Å². The van der Waals surface area contributed by atoms with Crippen LogP contribution >= 0.6 is 0 Å². The number of likely N-dealkylation sites (tertiary alicyclic amines) is 1. The van der Waals surface area contributed by atoms with Crippen molar-refractivity contribution in [1.29, 1.82) is 0 Å².